The highest BCUT2D eigenvalue weighted by atomic mass is 16.3. The molecule has 0 aromatic heterocycles. The van der Waals surface area contributed by atoms with Gasteiger partial charge in [0.05, 0.1) is 0 Å². The van der Waals surface area contributed by atoms with Gasteiger partial charge in [0, 0.05) is 12.0 Å². The summed E-state index contributed by atoms with van der Waals surface area (Å²) in [5.74, 6) is 0.377. The van der Waals surface area contributed by atoms with Gasteiger partial charge in [0.25, 0.3) is 0 Å². The predicted octanol–water partition coefficient (Wildman–Crippen LogP) is 2.38. The fraction of sp³-hybridized carbons (Fsp3) is 0.538. The van der Waals surface area contributed by atoms with Crippen molar-refractivity contribution in [2.24, 2.45) is 0 Å². The normalized spacial score (nSPS) is 27.9. The van der Waals surface area contributed by atoms with E-state index in [4.69, 9.17) is 0 Å². The minimum absolute atomic E-state index is 0.200. The Kier molecular flexibility index (Phi) is 2.70. The summed E-state index contributed by atoms with van der Waals surface area (Å²) >= 11 is 0. The summed E-state index contributed by atoms with van der Waals surface area (Å²) in [5.41, 5.74) is 1.46. The van der Waals surface area contributed by atoms with E-state index in [1.165, 1.54) is 24.9 Å². The fourth-order valence-electron chi connectivity index (χ4n) is 2.61. The number of likely N-dealkylation sites (N-methyl/N-ethyl adjacent to an activating group) is 1. The van der Waals surface area contributed by atoms with E-state index in [0.29, 0.717) is 5.75 Å². The van der Waals surface area contributed by atoms with E-state index in [-0.39, 0.29) is 5.41 Å². The minimum Gasteiger partial charge on any atom is -0.508 e. The van der Waals surface area contributed by atoms with Crippen LogP contribution < -0.4 is 0 Å². The summed E-state index contributed by atoms with van der Waals surface area (Å²) in [4.78, 5) is 2.37. The van der Waals surface area contributed by atoms with Crippen molar-refractivity contribution in [3.8, 4) is 5.75 Å². The molecule has 1 N–H and O–H groups in total. The summed E-state index contributed by atoms with van der Waals surface area (Å²) in [7, 11) is 2.17. The van der Waals surface area contributed by atoms with Gasteiger partial charge >= 0.3 is 0 Å². The largest absolute Gasteiger partial charge is 0.508 e. The molecule has 0 saturated carbocycles. The molecule has 1 fully saturated rings. The Morgan fingerprint density at radius 2 is 2.20 bits per heavy atom. The Morgan fingerprint density at radius 3 is 2.87 bits per heavy atom. The molecular weight excluding hydrogens is 186 g/mol. The maximum Gasteiger partial charge on any atom is 0.115 e. The highest BCUT2D eigenvalue weighted by Crippen LogP contribution is 2.34. The molecule has 1 aliphatic heterocycles. The maximum absolute atomic E-state index is 9.51. The van der Waals surface area contributed by atoms with Crippen LogP contribution in [-0.2, 0) is 5.41 Å². The second-order valence-electron chi connectivity index (χ2n) is 4.95. The van der Waals surface area contributed by atoms with Crippen LogP contribution in [0.2, 0.25) is 0 Å². The lowest BCUT2D eigenvalue weighted by molar-refractivity contribution is 0.188. The van der Waals surface area contributed by atoms with Gasteiger partial charge in [-0.2, -0.15) is 0 Å². The third-order valence-corrected chi connectivity index (χ3v) is 3.43. The fourth-order valence-corrected chi connectivity index (χ4v) is 2.61. The molecule has 0 aliphatic carbocycles. The molecule has 0 amide bonds. The Hall–Kier alpha value is -1.02. The number of likely N-dealkylation sites (tertiary alicyclic amines) is 1. The average Bonchev–Trinajstić information content (AvgIpc) is 2.17. The maximum atomic E-state index is 9.51. The second-order valence-corrected chi connectivity index (χ2v) is 4.95. The van der Waals surface area contributed by atoms with Gasteiger partial charge in [-0.3, -0.25) is 0 Å². The van der Waals surface area contributed by atoms with Gasteiger partial charge in [-0.05, 0) is 44.1 Å². The van der Waals surface area contributed by atoms with Crippen molar-refractivity contribution in [3.05, 3.63) is 29.8 Å². The van der Waals surface area contributed by atoms with E-state index in [0.717, 1.165) is 6.54 Å². The molecular formula is C13H19NO. The summed E-state index contributed by atoms with van der Waals surface area (Å²) in [5, 5.41) is 9.51. The third kappa shape index (κ3) is 2.15. The van der Waals surface area contributed by atoms with E-state index < -0.39 is 0 Å². The lowest BCUT2D eigenvalue weighted by Gasteiger charge is -2.39. The molecule has 1 saturated heterocycles. The Morgan fingerprint density at radius 1 is 1.40 bits per heavy atom. The molecule has 2 heteroatoms. The zero-order valence-corrected chi connectivity index (χ0v) is 9.53. The van der Waals surface area contributed by atoms with Crippen molar-refractivity contribution < 1.29 is 5.11 Å². The number of phenols is 1. The van der Waals surface area contributed by atoms with Crippen molar-refractivity contribution in [2.45, 2.75) is 25.2 Å². The highest BCUT2D eigenvalue weighted by Gasteiger charge is 2.31. The second kappa shape index (κ2) is 3.86. The van der Waals surface area contributed by atoms with Crippen LogP contribution in [0.5, 0.6) is 5.75 Å². The molecule has 15 heavy (non-hydrogen) atoms. The van der Waals surface area contributed by atoms with Gasteiger partial charge in [-0.1, -0.05) is 19.1 Å². The Balaban J connectivity index is 2.28. The number of hydrogen-bond acceptors (Lipinski definition) is 2. The van der Waals surface area contributed by atoms with Crippen LogP contribution in [-0.4, -0.2) is 30.1 Å². The molecule has 1 aliphatic rings. The van der Waals surface area contributed by atoms with Crippen molar-refractivity contribution in [3.63, 3.8) is 0 Å². The van der Waals surface area contributed by atoms with Gasteiger partial charge in [-0.25, -0.2) is 0 Å². The zero-order valence-electron chi connectivity index (χ0n) is 9.53. The minimum atomic E-state index is 0.200. The predicted molar refractivity (Wildman–Crippen MR) is 62.2 cm³/mol. The number of rotatable bonds is 1. The molecule has 82 valence electrons. The van der Waals surface area contributed by atoms with Crippen molar-refractivity contribution in [2.75, 3.05) is 20.1 Å². The Labute approximate surface area is 91.5 Å². The molecule has 0 spiro atoms. The van der Waals surface area contributed by atoms with Gasteiger partial charge in [-0.15, -0.1) is 0 Å². The molecule has 0 bridgehead atoms. The first-order valence-corrected chi connectivity index (χ1v) is 5.58. The van der Waals surface area contributed by atoms with Gasteiger partial charge in [0.1, 0.15) is 5.75 Å². The standard InChI is InChI=1S/C13H19NO/c1-13(7-4-8-14(2)10-13)11-5-3-6-12(15)9-11/h3,5-6,9,15H,4,7-8,10H2,1-2H3/t13-/m0/s1. The van der Waals surface area contributed by atoms with Gasteiger partial charge in [0.15, 0.2) is 0 Å². The van der Waals surface area contributed by atoms with E-state index in [2.05, 4.69) is 24.9 Å². The van der Waals surface area contributed by atoms with Gasteiger partial charge < -0.3 is 10.0 Å². The third-order valence-electron chi connectivity index (χ3n) is 3.43. The van der Waals surface area contributed by atoms with Crippen LogP contribution in [0.3, 0.4) is 0 Å². The topological polar surface area (TPSA) is 23.5 Å². The van der Waals surface area contributed by atoms with E-state index >= 15 is 0 Å². The first-order valence-electron chi connectivity index (χ1n) is 5.58. The first kappa shape index (κ1) is 10.5. The molecule has 2 nitrogen and oxygen atoms in total. The quantitative estimate of drug-likeness (QED) is 0.761. The molecule has 1 aromatic rings. The van der Waals surface area contributed by atoms with E-state index in [9.17, 15) is 5.11 Å². The number of nitrogens with zero attached hydrogens (tertiary/aromatic N) is 1. The lowest BCUT2D eigenvalue weighted by Crippen LogP contribution is -2.42. The molecule has 0 radical (unpaired) electrons. The molecule has 0 unspecified atom stereocenters. The number of phenolic OH excluding ortho intramolecular Hbond substituents is 1. The summed E-state index contributed by atoms with van der Waals surface area (Å²) in [6.45, 7) is 4.56. The summed E-state index contributed by atoms with van der Waals surface area (Å²) in [6, 6.07) is 7.70. The van der Waals surface area contributed by atoms with Crippen molar-refractivity contribution in [1.29, 1.82) is 0 Å². The molecule has 1 heterocycles. The Bertz CT molecular complexity index is 350. The van der Waals surface area contributed by atoms with E-state index in [1.807, 2.05) is 12.1 Å². The SMILES string of the molecule is CN1CCC[C@](C)(c2cccc(O)c2)C1. The van der Waals surface area contributed by atoms with E-state index in [1.54, 1.807) is 6.07 Å². The van der Waals surface area contributed by atoms with Crippen molar-refractivity contribution in [1.82, 2.24) is 4.90 Å². The van der Waals surface area contributed by atoms with Crippen LogP contribution in [0, 0.1) is 0 Å². The molecule has 2 rings (SSSR count). The van der Waals surface area contributed by atoms with Gasteiger partial charge in [0.2, 0.25) is 0 Å². The number of piperidine rings is 1. The van der Waals surface area contributed by atoms with Crippen LogP contribution in [0.25, 0.3) is 0 Å². The zero-order chi connectivity index (χ0) is 10.9. The van der Waals surface area contributed by atoms with Crippen molar-refractivity contribution >= 4 is 0 Å². The number of aromatic hydroxyl groups is 1. The highest BCUT2D eigenvalue weighted by molar-refractivity contribution is 5.33. The lowest BCUT2D eigenvalue weighted by atomic mass is 9.76. The first-order chi connectivity index (χ1) is 7.10. The molecule has 1 aromatic carbocycles. The number of benzene rings is 1. The van der Waals surface area contributed by atoms with Crippen LogP contribution in [0.15, 0.2) is 24.3 Å². The summed E-state index contributed by atoms with van der Waals surface area (Å²) < 4.78 is 0. The average molecular weight is 205 g/mol. The van der Waals surface area contributed by atoms with Crippen LogP contribution >= 0.6 is 0 Å². The molecule has 1 atom stereocenters. The number of hydrogen-bond donors (Lipinski definition) is 1. The summed E-state index contributed by atoms with van der Waals surface area (Å²) in [6.07, 6.45) is 2.45. The smallest absolute Gasteiger partial charge is 0.115 e. The van der Waals surface area contributed by atoms with Crippen LogP contribution in [0.1, 0.15) is 25.3 Å². The monoisotopic (exact) mass is 205 g/mol. The van der Waals surface area contributed by atoms with Crippen LogP contribution in [0.4, 0.5) is 0 Å².